The van der Waals surface area contributed by atoms with Crippen molar-refractivity contribution in [2.24, 2.45) is 0 Å². The van der Waals surface area contributed by atoms with Gasteiger partial charge in [-0.15, -0.1) is 0 Å². The van der Waals surface area contributed by atoms with Crippen molar-refractivity contribution in [1.82, 2.24) is 10.2 Å². The molecule has 242 valence electrons. The Morgan fingerprint density at radius 3 is 2.13 bits per heavy atom. The maximum atomic E-state index is 14.6. The fourth-order valence-electron chi connectivity index (χ4n) is 5.18. The van der Waals surface area contributed by atoms with Crippen LogP contribution in [-0.4, -0.2) is 44.3 Å². The van der Waals surface area contributed by atoms with E-state index in [1.54, 1.807) is 48.5 Å². The Morgan fingerprint density at radius 2 is 1.48 bits per heavy atom. The number of sulfonamides is 1. The van der Waals surface area contributed by atoms with E-state index in [1.807, 2.05) is 56.3 Å². The van der Waals surface area contributed by atoms with Gasteiger partial charge in [0.15, 0.2) is 0 Å². The maximum Gasteiger partial charge on any atom is 0.264 e. The Labute approximate surface area is 282 Å². The molecule has 0 unspecified atom stereocenters. The number of unbranched alkanes of at least 4 members (excludes halogenated alkanes) is 1. The molecule has 1 N–H and O–H groups in total. The minimum absolute atomic E-state index is 0.0395. The van der Waals surface area contributed by atoms with Crippen molar-refractivity contribution in [3.63, 3.8) is 0 Å². The first-order valence-electron chi connectivity index (χ1n) is 15.4. The van der Waals surface area contributed by atoms with E-state index in [0.29, 0.717) is 34.3 Å². The summed E-state index contributed by atoms with van der Waals surface area (Å²) in [6, 6.07) is 28.6. The van der Waals surface area contributed by atoms with Crippen molar-refractivity contribution >= 4 is 50.7 Å². The van der Waals surface area contributed by atoms with E-state index in [1.165, 1.54) is 17.0 Å². The van der Waals surface area contributed by atoms with Crippen LogP contribution in [0.2, 0.25) is 10.0 Å². The molecule has 0 aliphatic carbocycles. The van der Waals surface area contributed by atoms with Crippen LogP contribution in [0.3, 0.4) is 0 Å². The molecule has 10 heteroatoms. The maximum absolute atomic E-state index is 14.6. The summed E-state index contributed by atoms with van der Waals surface area (Å²) in [5.74, 6) is -0.884. The van der Waals surface area contributed by atoms with Gasteiger partial charge in [0.1, 0.15) is 12.6 Å². The minimum Gasteiger partial charge on any atom is -0.354 e. The Balaban J connectivity index is 1.83. The standard InChI is InChI=1S/C36H39Cl2N3O4S/c1-3-5-22-39-36(43)34(23-27-14-8-6-9-15-27)40(25-29-20-21-30(37)24-32(29)38)35(42)26-41(33-19-13-12-16-28(33)4-2)46(44,45)31-17-10-7-11-18-31/h6-21,24,34H,3-5,22-23,25-26H2,1-2H3,(H,39,43)/t34-/m0/s1. The van der Waals surface area contributed by atoms with Gasteiger partial charge in [0.2, 0.25) is 11.8 Å². The summed E-state index contributed by atoms with van der Waals surface area (Å²) in [6.07, 6.45) is 2.42. The molecule has 7 nitrogen and oxygen atoms in total. The largest absolute Gasteiger partial charge is 0.354 e. The highest BCUT2D eigenvalue weighted by molar-refractivity contribution is 7.92. The Hall–Kier alpha value is -3.85. The molecule has 0 saturated carbocycles. The number of anilines is 1. The molecule has 4 aromatic carbocycles. The monoisotopic (exact) mass is 679 g/mol. The molecule has 0 aromatic heterocycles. The fourth-order valence-corrected chi connectivity index (χ4v) is 7.12. The predicted octanol–water partition coefficient (Wildman–Crippen LogP) is 7.31. The Morgan fingerprint density at radius 1 is 0.826 bits per heavy atom. The summed E-state index contributed by atoms with van der Waals surface area (Å²) >= 11 is 12.8. The third-order valence-electron chi connectivity index (χ3n) is 7.71. The highest BCUT2D eigenvalue weighted by Gasteiger charge is 2.35. The summed E-state index contributed by atoms with van der Waals surface area (Å²) in [5.41, 5.74) is 2.59. The highest BCUT2D eigenvalue weighted by Crippen LogP contribution is 2.29. The fraction of sp³-hybridized carbons (Fsp3) is 0.278. The van der Waals surface area contributed by atoms with Crippen LogP contribution >= 0.6 is 23.2 Å². The van der Waals surface area contributed by atoms with Gasteiger partial charge < -0.3 is 10.2 Å². The van der Waals surface area contributed by atoms with E-state index >= 15 is 0 Å². The first-order chi connectivity index (χ1) is 22.1. The zero-order valence-corrected chi connectivity index (χ0v) is 28.4. The number of nitrogens with zero attached hydrogens (tertiary/aromatic N) is 2. The molecule has 0 bridgehead atoms. The molecule has 1 atom stereocenters. The van der Waals surface area contributed by atoms with Gasteiger partial charge in [-0.2, -0.15) is 0 Å². The van der Waals surface area contributed by atoms with E-state index in [4.69, 9.17) is 23.2 Å². The summed E-state index contributed by atoms with van der Waals surface area (Å²) in [6.45, 7) is 3.83. The summed E-state index contributed by atoms with van der Waals surface area (Å²) < 4.78 is 29.6. The summed E-state index contributed by atoms with van der Waals surface area (Å²) in [4.78, 5) is 30.0. The summed E-state index contributed by atoms with van der Waals surface area (Å²) in [7, 11) is -4.18. The molecule has 0 fully saturated rings. The van der Waals surface area contributed by atoms with Crippen LogP contribution in [0.25, 0.3) is 0 Å². The normalized spacial score (nSPS) is 11.9. The number of nitrogens with one attached hydrogen (secondary N) is 1. The van der Waals surface area contributed by atoms with Gasteiger partial charge in [0.25, 0.3) is 10.0 Å². The van der Waals surface area contributed by atoms with Gasteiger partial charge in [-0.25, -0.2) is 8.42 Å². The van der Waals surface area contributed by atoms with Crippen LogP contribution in [0.1, 0.15) is 43.4 Å². The van der Waals surface area contributed by atoms with Gasteiger partial charge in [0, 0.05) is 29.6 Å². The summed E-state index contributed by atoms with van der Waals surface area (Å²) in [5, 5.41) is 3.75. The van der Waals surface area contributed by atoms with Crippen molar-refractivity contribution in [2.45, 2.75) is 57.0 Å². The number of carbonyl (C=O) groups is 2. The molecule has 0 heterocycles. The number of para-hydroxylation sites is 1. The number of hydrogen-bond donors (Lipinski definition) is 1. The highest BCUT2D eigenvalue weighted by atomic mass is 35.5. The van der Waals surface area contributed by atoms with Crippen molar-refractivity contribution in [3.05, 3.63) is 130 Å². The van der Waals surface area contributed by atoms with Crippen molar-refractivity contribution < 1.29 is 18.0 Å². The SMILES string of the molecule is CCCCNC(=O)[C@H](Cc1ccccc1)N(Cc1ccc(Cl)cc1Cl)C(=O)CN(c1ccccc1CC)S(=O)(=O)c1ccccc1. The van der Waals surface area contributed by atoms with E-state index in [9.17, 15) is 18.0 Å². The van der Waals surface area contributed by atoms with Gasteiger partial charge in [-0.1, -0.05) is 116 Å². The van der Waals surface area contributed by atoms with Crippen LogP contribution < -0.4 is 9.62 Å². The van der Waals surface area contributed by atoms with Crippen LogP contribution in [0.5, 0.6) is 0 Å². The van der Waals surface area contributed by atoms with E-state index in [0.717, 1.165) is 28.3 Å². The molecule has 0 aliphatic heterocycles. The molecule has 46 heavy (non-hydrogen) atoms. The molecular formula is C36H39Cl2N3O4S. The van der Waals surface area contributed by atoms with E-state index < -0.39 is 28.5 Å². The van der Waals surface area contributed by atoms with E-state index in [-0.39, 0.29) is 23.8 Å². The third kappa shape index (κ3) is 8.90. The molecule has 2 amide bonds. The topological polar surface area (TPSA) is 86.8 Å². The predicted molar refractivity (Wildman–Crippen MR) is 186 cm³/mol. The molecule has 0 saturated heterocycles. The molecule has 0 spiro atoms. The van der Waals surface area contributed by atoms with E-state index in [2.05, 4.69) is 5.32 Å². The lowest BCUT2D eigenvalue weighted by Gasteiger charge is -2.34. The lowest BCUT2D eigenvalue weighted by molar-refractivity contribution is -0.140. The van der Waals surface area contributed by atoms with Crippen molar-refractivity contribution in [1.29, 1.82) is 0 Å². The van der Waals surface area contributed by atoms with Crippen LogP contribution in [-0.2, 0) is 39.0 Å². The van der Waals surface area contributed by atoms with Crippen LogP contribution in [0, 0.1) is 0 Å². The molecule has 4 aromatic rings. The first kappa shape index (κ1) is 35.0. The first-order valence-corrected chi connectivity index (χ1v) is 17.6. The Kier molecular flexibility index (Phi) is 12.7. The number of rotatable bonds is 15. The number of halogens is 2. The number of benzene rings is 4. The minimum atomic E-state index is -4.18. The number of amides is 2. The smallest absolute Gasteiger partial charge is 0.264 e. The second kappa shape index (κ2) is 16.6. The zero-order valence-electron chi connectivity index (χ0n) is 26.0. The van der Waals surface area contributed by atoms with Gasteiger partial charge in [-0.3, -0.25) is 13.9 Å². The zero-order chi connectivity index (χ0) is 33.1. The molecular weight excluding hydrogens is 641 g/mol. The van der Waals surface area contributed by atoms with Crippen LogP contribution in [0.4, 0.5) is 5.69 Å². The quantitative estimate of drug-likeness (QED) is 0.134. The second-order valence-electron chi connectivity index (χ2n) is 10.9. The molecule has 0 radical (unpaired) electrons. The molecule has 0 aliphatic rings. The van der Waals surface area contributed by atoms with Crippen LogP contribution in [0.15, 0.2) is 108 Å². The average Bonchev–Trinajstić information content (AvgIpc) is 3.06. The molecule has 4 rings (SSSR count). The average molecular weight is 681 g/mol. The van der Waals surface area contributed by atoms with Crippen molar-refractivity contribution in [3.8, 4) is 0 Å². The van der Waals surface area contributed by atoms with Crippen molar-refractivity contribution in [2.75, 3.05) is 17.4 Å². The van der Waals surface area contributed by atoms with Gasteiger partial charge in [0.05, 0.1) is 10.6 Å². The number of aryl methyl sites for hydroxylation is 1. The van der Waals surface area contributed by atoms with Gasteiger partial charge >= 0.3 is 0 Å². The lowest BCUT2D eigenvalue weighted by atomic mass is 10.0. The third-order valence-corrected chi connectivity index (χ3v) is 10.1. The van der Waals surface area contributed by atoms with Gasteiger partial charge in [-0.05, 0) is 59.9 Å². The number of hydrogen-bond acceptors (Lipinski definition) is 4. The Bertz CT molecular complexity index is 1720. The second-order valence-corrected chi connectivity index (χ2v) is 13.6. The lowest BCUT2D eigenvalue weighted by Crippen LogP contribution is -2.53. The number of carbonyl (C=O) groups excluding carboxylic acids is 2.